The Bertz CT molecular complexity index is 766. The van der Waals surface area contributed by atoms with Crippen molar-refractivity contribution in [1.82, 2.24) is 5.43 Å². The van der Waals surface area contributed by atoms with E-state index in [0.29, 0.717) is 5.75 Å². The van der Waals surface area contributed by atoms with E-state index in [1.165, 1.54) is 18.2 Å². The molecule has 4 nitrogen and oxygen atoms in total. The van der Waals surface area contributed by atoms with E-state index in [4.69, 9.17) is 4.74 Å². The van der Waals surface area contributed by atoms with Crippen molar-refractivity contribution in [3.63, 3.8) is 0 Å². The van der Waals surface area contributed by atoms with E-state index < -0.39 is 17.6 Å². The second-order valence-electron chi connectivity index (χ2n) is 5.49. The summed E-state index contributed by atoms with van der Waals surface area (Å²) in [7, 11) is 0. The minimum Gasteiger partial charge on any atom is -0.484 e. The topological polar surface area (TPSA) is 50.7 Å². The quantitative estimate of drug-likeness (QED) is 0.658. The summed E-state index contributed by atoms with van der Waals surface area (Å²) >= 11 is 0. The van der Waals surface area contributed by atoms with Crippen molar-refractivity contribution in [3.05, 3.63) is 64.7 Å². The third-order valence-electron chi connectivity index (χ3n) is 3.22. The molecule has 0 bridgehead atoms. The fourth-order valence-corrected chi connectivity index (χ4v) is 2.24. The van der Waals surface area contributed by atoms with Gasteiger partial charge in [0.15, 0.2) is 6.61 Å². The average molecular weight is 350 g/mol. The molecule has 0 radical (unpaired) electrons. The number of halogens is 3. The number of alkyl halides is 3. The molecule has 0 aliphatic rings. The van der Waals surface area contributed by atoms with E-state index in [-0.39, 0.29) is 12.2 Å². The maximum atomic E-state index is 12.8. The Kier molecular flexibility index (Phi) is 5.80. The summed E-state index contributed by atoms with van der Waals surface area (Å²) < 4.78 is 43.9. The summed E-state index contributed by atoms with van der Waals surface area (Å²) in [6.45, 7) is 3.52. The highest BCUT2D eigenvalue weighted by atomic mass is 19.4. The van der Waals surface area contributed by atoms with Crippen LogP contribution in [-0.4, -0.2) is 18.7 Å². The SMILES string of the molecule is Cc1cc(C)cc(OCC(=O)NN=Cc2ccccc2C(F)(F)F)c1. The summed E-state index contributed by atoms with van der Waals surface area (Å²) in [5, 5.41) is 3.56. The molecule has 0 aromatic heterocycles. The third-order valence-corrected chi connectivity index (χ3v) is 3.22. The Hall–Kier alpha value is -2.83. The van der Waals surface area contributed by atoms with Crippen LogP contribution in [0.3, 0.4) is 0 Å². The van der Waals surface area contributed by atoms with E-state index in [2.05, 4.69) is 10.5 Å². The highest BCUT2D eigenvalue weighted by molar-refractivity contribution is 5.84. The van der Waals surface area contributed by atoms with Gasteiger partial charge in [0, 0.05) is 5.56 Å². The minimum absolute atomic E-state index is 0.134. The number of amides is 1. The van der Waals surface area contributed by atoms with Crippen LogP contribution in [0.1, 0.15) is 22.3 Å². The van der Waals surface area contributed by atoms with Crippen LogP contribution in [0.15, 0.2) is 47.6 Å². The number of hydrazone groups is 1. The molecule has 2 aromatic carbocycles. The lowest BCUT2D eigenvalue weighted by Gasteiger charge is -2.09. The fourth-order valence-electron chi connectivity index (χ4n) is 2.24. The van der Waals surface area contributed by atoms with Crippen molar-refractivity contribution < 1.29 is 22.7 Å². The number of benzene rings is 2. The van der Waals surface area contributed by atoms with Gasteiger partial charge in [0.1, 0.15) is 5.75 Å². The lowest BCUT2D eigenvalue weighted by atomic mass is 10.1. The third kappa shape index (κ3) is 5.63. The fraction of sp³-hybridized carbons (Fsp3) is 0.222. The number of hydrogen-bond donors (Lipinski definition) is 1. The van der Waals surface area contributed by atoms with Crippen LogP contribution in [0.4, 0.5) is 13.2 Å². The van der Waals surface area contributed by atoms with Crippen molar-refractivity contribution in [2.24, 2.45) is 5.10 Å². The molecular weight excluding hydrogens is 333 g/mol. The van der Waals surface area contributed by atoms with Crippen LogP contribution in [0.5, 0.6) is 5.75 Å². The summed E-state index contributed by atoms with van der Waals surface area (Å²) in [6, 6.07) is 10.5. The van der Waals surface area contributed by atoms with E-state index in [0.717, 1.165) is 23.4 Å². The van der Waals surface area contributed by atoms with Crippen molar-refractivity contribution in [2.45, 2.75) is 20.0 Å². The number of carbonyl (C=O) groups is 1. The molecule has 1 N–H and O–H groups in total. The highest BCUT2D eigenvalue weighted by Crippen LogP contribution is 2.31. The number of hydrogen-bond acceptors (Lipinski definition) is 3. The molecule has 2 aromatic rings. The second-order valence-corrected chi connectivity index (χ2v) is 5.49. The first kappa shape index (κ1) is 18.5. The lowest BCUT2D eigenvalue weighted by molar-refractivity contribution is -0.137. The van der Waals surface area contributed by atoms with Gasteiger partial charge in [0.2, 0.25) is 0 Å². The molecule has 0 aliphatic carbocycles. The summed E-state index contributed by atoms with van der Waals surface area (Å²) in [4.78, 5) is 11.7. The molecular formula is C18H17F3N2O2. The normalized spacial score (nSPS) is 11.6. The summed E-state index contributed by atoms with van der Waals surface area (Å²) in [5.41, 5.74) is 3.19. The molecule has 0 unspecified atom stereocenters. The number of nitrogens with zero attached hydrogens (tertiary/aromatic N) is 1. The van der Waals surface area contributed by atoms with Gasteiger partial charge in [-0.2, -0.15) is 18.3 Å². The molecule has 0 saturated heterocycles. The zero-order chi connectivity index (χ0) is 18.4. The van der Waals surface area contributed by atoms with Gasteiger partial charge in [-0.25, -0.2) is 5.43 Å². The van der Waals surface area contributed by atoms with Crippen LogP contribution in [0.25, 0.3) is 0 Å². The van der Waals surface area contributed by atoms with Crippen LogP contribution in [-0.2, 0) is 11.0 Å². The zero-order valence-electron chi connectivity index (χ0n) is 13.7. The van der Waals surface area contributed by atoms with E-state index in [1.807, 2.05) is 19.9 Å². The van der Waals surface area contributed by atoms with Gasteiger partial charge >= 0.3 is 6.18 Å². The van der Waals surface area contributed by atoms with Crippen molar-refractivity contribution in [1.29, 1.82) is 0 Å². The van der Waals surface area contributed by atoms with Gasteiger partial charge < -0.3 is 4.74 Å². The molecule has 2 rings (SSSR count). The number of rotatable bonds is 5. The molecule has 0 spiro atoms. The monoisotopic (exact) mass is 350 g/mol. The van der Waals surface area contributed by atoms with Gasteiger partial charge in [-0.3, -0.25) is 4.79 Å². The predicted molar refractivity (Wildman–Crippen MR) is 88.6 cm³/mol. The van der Waals surface area contributed by atoms with E-state index >= 15 is 0 Å². The molecule has 0 atom stereocenters. The van der Waals surface area contributed by atoms with Gasteiger partial charge in [-0.05, 0) is 43.2 Å². The Morgan fingerprint density at radius 2 is 1.80 bits per heavy atom. The van der Waals surface area contributed by atoms with Crippen LogP contribution in [0.2, 0.25) is 0 Å². The van der Waals surface area contributed by atoms with Gasteiger partial charge in [0.25, 0.3) is 5.91 Å². The second kappa shape index (κ2) is 7.83. The molecule has 25 heavy (non-hydrogen) atoms. The Morgan fingerprint density at radius 3 is 2.44 bits per heavy atom. The first-order chi connectivity index (χ1) is 11.8. The van der Waals surface area contributed by atoms with Crippen LogP contribution in [0, 0.1) is 13.8 Å². The Morgan fingerprint density at radius 1 is 1.16 bits per heavy atom. The first-order valence-electron chi connectivity index (χ1n) is 7.45. The molecule has 0 heterocycles. The summed E-state index contributed by atoms with van der Waals surface area (Å²) in [5.74, 6) is -0.0288. The van der Waals surface area contributed by atoms with Crippen LogP contribution < -0.4 is 10.2 Å². The van der Waals surface area contributed by atoms with E-state index in [9.17, 15) is 18.0 Å². The van der Waals surface area contributed by atoms with Gasteiger partial charge in [-0.15, -0.1) is 0 Å². The number of nitrogens with one attached hydrogen (secondary N) is 1. The maximum Gasteiger partial charge on any atom is 0.417 e. The summed E-state index contributed by atoms with van der Waals surface area (Å²) in [6.07, 6.45) is -3.53. The van der Waals surface area contributed by atoms with Crippen molar-refractivity contribution in [2.75, 3.05) is 6.61 Å². The molecule has 0 fully saturated rings. The lowest BCUT2D eigenvalue weighted by Crippen LogP contribution is -2.24. The molecule has 132 valence electrons. The first-order valence-corrected chi connectivity index (χ1v) is 7.45. The number of aryl methyl sites for hydroxylation is 2. The van der Waals surface area contributed by atoms with Crippen molar-refractivity contribution >= 4 is 12.1 Å². The minimum atomic E-state index is -4.49. The zero-order valence-corrected chi connectivity index (χ0v) is 13.7. The van der Waals surface area contributed by atoms with Crippen LogP contribution >= 0.6 is 0 Å². The van der Waals surface area contributed by atoms with E-state index in [1.54, 1.807) is 12.1 Å². The molecule has 1 amide bonds. The largest absolute Gasteiger partial charge is 0.484 e. The number of ether oxygens (including phenoxy) is 1. The van der Waals surface area contributed by atoms with Gasteiger partial charge in [0.05, 0.1) is 11.8 Å². The standard InChI is InChI=1S/C18H17F3N2O2/c1-12-7-13(2)9-15(8-12)25-11-17(24)23-22-10-14-5-3-4-6-16(14)18(19,20)21/h3-10H,11H2,1-2H3,(H,23,24). The number of carbonyl (C=O) groups excluding carboxylic acids is 1. The Balaban J connectivity index is 1.93. The van der Waals surface area contributed by atoms with Gasteiger partial charge in [-0.1, -0.05) is 24.3 Å². The predicted octanol–water partition coefficient (Wildman–Crippen LogP) is 3.85. The molecule has 7 heteroatoms. The Labute approximate surface area is 143 Å². The highest BCUT2D eigenvalue weighted by Gasteiger charge is 2.32. The average Bonchev–Trinajstić information content (AvgIpc) is 2.51. The van der Waals surface area contributed by atoms with Crippen molar-refractivity contribution in [3.8, 4) is 5.75 Å². The smallest absolute Gasteiger partial charge is 0.417 e. The molecule has 0 saturated carbocycles. The maximum absolute atomic E-state index is 12.8. The molecule has 0 aliphatic heterocycles.